The number of esters is 1. The largest absolute Gasteiger partial charge is 0.495 e. The van der Waals surface area contributed by atoms with Crippen LogP contribution in [0.1, 0.15) is 37.7 Å². The van der Waals surface area contributed by atoms with Crippen LogP contribution in [0.3, 0.4) is 0 Å². The lowest BCUT2D eigenvalue weighted by Crippen LogP contribution is -2.36. The zero-order valence-electron chi connectivity index (χ0n) is 14.5. The van der Waals surface area contributed by atoms with Crippen LogP contribution in [0.5, 0.6) is 5.75 Å². The Hall–Kier alpha value is -2.14. The molecule has 0 aromatic heterocycles. The fourth-order valence-corrected chi connectivity index (χ4v) is 3.94. The fourth-order valence-electron chi connectivity index (χ4n) is 3.67. The normalized spacial score (nSPS) is 23.0. The summed E-state index contributed by atoms with van der Waals surface area (Å²) >= 11 is 6.29. The van der Waals surface area contributed by atoms with E-state index in [4.69, 9.17) is 21.1 Å². The Morgan fingerprint density at radius 3 is 2.68 bits per heavy atom. The van der Waals surface area contributed by atoms with Crippen LogP contribution >= 0.6 is 11.6 Å². The summed E-state index contributed by atoms with van der Waals surface area (Å²) < 4.78 is 10.2. The molecule has 1 unspecified atom stereocenters. The van der Waals surface area contributed by atoms with E-state index in [0.717, 1.165) is 24.1 Å². The van der Waals surface area contributed by atoms with Crippen molar-refractivity contribution in [3.8, 4) is 5.75 Å². The number of hydrogen-bond donors (Lipinski definition) is 0. The molecule has 1 aliphatic carbocycles. The number of allylic oxidation sites excluding steroid dienone is 2. The van der Waals surface area contributed by atoms with Gasteiger partial charge in [-0.3, -0.25) is 14.6 Å². The predicted molar refractivity (Wildman–Crippen MR) is 95.2 cm³/mol. The molecule has 1 heterocycles. The summed E-state index contributed by atoms with van der Waals surface area (Å²) in [5.74, 6) is -0.872. The second-order valence-corrected chi connectivity index (χ2v) is 6.67. The summed E-state index contributed by atoms with van der Waals surface area (Å²) in [5, 5.41) is 0.439. The first-order valence-electron chi connectivity index (χ1n) is 8.20. The average molecular weight is 362 g/mol. The summed E-state index contributed by atoms with van der Waals surface area (Å²) in [6.45, 7) is 1.81. The Morgan fingerprint density at radius 1 is 1.28 bits per heavy atom. The first-order valence-corrected chi connectivity index (χ1v) is 8.58. The molecule has 5 nitrogen and oxygen atoms in total. The molecule has 132 valence electrons. The number of nitrogens with zero attached hydrogens (tertiary/aromatic N) is 1. The van der Waals surface area contributed by atoms with Gasteiger partial charge in [-0.1, -0.05) is 17.7 Å². The van der Waals surface area contributed by atoms with Crippen molar-refractivity contribution in [3.05, 3.63) is 40.1 Å². The summed E-state index contributed by atoms with van der Waals surface area (Å²) in [6.07, 6.45) is 2.00. The third-order valence-electron chi connectivity index (χ3n) is 4.82. The molecule has 0 spiro atoms. The monoisotopic (exact) mass is 361 g/mol. The maximum Gasteiger partial charge on any atom is 0.315 e. The van der Waals surface area contributed by atoms with E-state index in [2.05, 4.69) is 4.99 Å². The number of hydrogen-bond acceptors (Lipinski definition) is 5. The van der Waals surface area contributed by atoms with E-state index in [0.29, 0.717) is 28.5 Å². The standard InChI is InChI=1S/C19H20ClNO4/c1-10-16(19(23)25-3)17(11-7-8-15(24-2)12(20)9-11)18-13(21-10)5-4-6-14(18)22/h7-9,16-17H,4-6H2,1-3H3/t16?,17-/m1/s1. The maximum atomic E-state index is 12.6. The lowest BCUT2D eigenvalue weighted by atomic mass is 9.72. The molecule has 0 N–H and O–H groups in total. The van der Waals surface area contributed by atoms with Crippen LogP contribution in [0, 0.1) is 5.92 Å². The van der Waals surface area contributed by atoms with Gasteiger partial charge in [0.25, 0.3) is 0 Å². The van der Waals surface area contributed by atoms with Gasteiger partial charge in [-0.05, 0) is 37.5 Å². The van der Waals surface area contributed by atoms with Crippen molar-refractivity contribution < 1.29 is 19.1 Å². The predicted octanol–water partition coefficient (Wildman–Crippen LogP) is 3.70. The lowest BCUT2D eigenvalue weighted by Gasteiger charge is -2.34. The van der Waals surface area contributed by atoms with Crippen molar-refractivity contribution in [2.24, 2.45) is 10.9 Å². The van der Waals surface area contributed by atoms with Gasteiger partial charge in [0, 0.05) is 29.3 Å². The summed E-state index contributed by atoms with van der Waals surface area (Å²) in [4.78, 5) is 29.7. The Kier molecular flexibility index (Phi) is 4.95. The number of carbonyl (C=O) groups is 2. The number of benzene rings is 1. The Morgan fingerprint density at radius 2 is 2.04 bits per heavy atom. The minimum Gasteiger partial charge on any atom is -0.495 e. The molecule has 3 rings (SSSR count). The third-order valence-corrected chi connectivity index (χ3v) is 5.12. The Bertz CT molecular complexity index is 797. The van der Waals surface area contributed by atoms with Crippen molar-refractivity contribution in [2.45, 2.75) is 32.1 Å². The number of aliphatic imine (C=N–C) groups is 1. The smallest absolute Gasteiger partial charge is 0.315 e. The number of halogens is 1. The minimum atomic E-state index is -0.629. The number of Topliss-reactive ketones (excluding diaryl/α,β-unsaturated/α-hetero) is 1. The molecule has 2 atom stereocenters. The van der Waals surface area contributed by atoms with E-state index in [1.54, 1.807) is 19.2 Å². The summed E-state index contributed by atoms with van der Waals surface area (Å²) in [5.41, 5.74) is 2.86. The molecule has 0 radical (unpaired) electrons. The molecule has 0 saturated carbocycles. The molecule has 0 saturated heterocycles. The van der Waals surface area contributed by atoms with Crippen LogP contribution in [0.25, 0.3) is 0 Å². The number of rotatable bonds is 3. The number of ether oxygens (including phenoxy) is 2. The van der Waals surface area contributed by atoms with Crippen LogP contribution < -0.4 is 4.74 Å². The van der Waals surface area contributed by atoms with Gasteiger partial charge >= 0.3 is 5.97 Å². The van der Waals surface area contributed by atoms with Gasteiger partial charge in [0.1, 0.15) is 11.7 Å². The molecular weight excluding hydrogens is 342 g/mol. The molecule has 6 heteroatoms. The van der Waals surface area contributed by atoms with Crippen LogP contribution in [-0.4, -0.2) is 31.7 Å². The molecule has 0 bridgehead atoms. The molecule has 0 amide bonds. The van der Waals surface area contributed by atoms with E-state index in [1.165, 1.54) is 7.11 Å². The van der Waals surface area contributed by atoms with Gasteiger partial charge in [-0.25, -0.2) is 0 Å². The zero-order chi connectivity index (χ0) is 18.1. The second-order valence-electron chi connectivity index (χ2n) is 6.26. The van der Waals surface area contributed by atoms with Gasteiger partial charge < -0.3 is 9.47 Å². The maximum absolute atomic E-state index is 12.6. The Balaban J connectivity index is 2.18. The van der Waals surface area contributed by atoms with E-state index in [-0.39, 0.29) is 5.78 Å². The summed E-state index contributed by atoms with van der Waals surface area (Å²) in [7, 11) is 2.89. The number of methoxy groups -OCH3 is 2. The molecular formula is C19H20ClNO4. The highest BCUT2D eigenvalue weighted by Crippen LogP contribution is 2.44. The van der Waals surface area contributed by atoms with Gasteiger partial charge in [0.2, 0.25) is 0 Å². The molecule has 1 aliphatic heterocycles. The fraction of sp³-hybridized carbons (Fsp3) is 0.421. The minimum absolute atomic E-state index is 0.0448. The van der Waals surface area contributed by atoms with Crippen molar-refractivity contribution >= 4 is 29.1 Å². The lowest BCUT2D eigenvalue weighted by molar-refractivity contribution is -0.143. The van der Waals surface area contributed by atoms with Crippen LogP contribution in [-0.2, 0) is 14.3 Å². The molecule has 0 fully saturated rings. The number of carbonyl (C=O) groups excluding carboxylic acids is 2. The quantitative estimate of drug-likeness (QED) is 0.770. The average Bonchev–Trinajstić information content (AvgIpc) is 2.60. The van der Waals surface area contributed by atoms with E-state index in [9.17, 15) is 9.59 Å². The van der Waals surface area contributed by atoms with Crippen molar-refractivity contribution in [2.75, 3.05) is 14.2 Å². The van der Waals surface area contributed by atoms with Crippen LogP contribution in [0.15, 0.2) is 34.5 Å². The third kappa shape index (κ3) is 3.09. The first kappa shape index (κ1) is 17.7. The molecule has 25 heavy (non-hydrogen) atoms. The highest BCUT2D eigenvalue weighted by Gasteiger charge is 2.43. The van der Waals surface area contributed by atoms with Gasteiger partial charge in [-0.2, -0.15) is 0 Å². The molecule has 1 aromatic rings. The SMILES string of the molecule is COC(=O)C1C(C)=NC2=C(C(=O)CCC2)[C@@H]1c1ccc(OC)c(Cl)c1. The van der Waals surface area contributed by atoms with Gasteiger partial charge in [0.05, 0.1) is 19.2 Å². The van der Waals surface area contributed by atoms with Gasteiger partial charge in [-0.15, -0.1) is 0 Å². The topological polar surface area (TPSA) is 65.0 Å². The Labute approximate surface area is 151 Å². The highest BCUT2D eigenvalue weighted by atomic mass is 35.5. The van der Waals surface area contributed by atoms with E-state index >= 15 is 0 Å². The van der Waals surface area contributed by atoms with E-state index in [1.807, 2.05) is 13.0 Å². The van der Waals surface area contributed by atoms with E-state index < -0.39 is 17.8 Å². The molecule has 1 aromatic carbocycles. The molecule has 2 aliphatic rings. The zero-order valence-corrected chi connectivity index (χ0v) is 15.2. The second kappa shape index (κ2) is 7.00. The first-order chi connectivity index (χ1) is 12.0. The van der Waals surface area contributed by atoms with Crippen molar-refractivity contribution in [1.29, 1.82) is 0 Å². The summed E-state index contributed by atoms with van der Waals surface area (Å²) in [6, 6.07) is 5.35. The van der Waals surface area contributed by atoms with Crippen molar-refractivity contribution in [3.63, 3.8) is 0 Å². The van der Waals surface area contributed by atoms with Crippen molar-refractivity contribution in [1.82, 2.24) is 0 Å². The van der Waals surface area contributed by atoms with Crippen LogP contribution in [0.2, 0.25) is 5.02 Å². The van der Waals surface area contributed by atoms with Gasteiger partial charge in [0.15, 0.2) is 5.78 Å². The highest BCUT2D eigenvalue weighted by molar-refractivity contribution is 6.32. The number of ketones is 1. The van der Waals surface area contributed by atoms with Crippen LogP contribution in [0.4, 0.5) is 0 Å².